The molecule has 0 radical (unpaired) electrons. The molecule has 0 saturated carbocycles. The van der Waals surface area contributed by atoms with Gasteiger partial charge in [0.15, 0.2) is 0 Å². The average Bonchev–Trinajstić information content (AvgIpc) is 2.57. The Labute approximate surface area is 143 Å². The monoisotopic (exact) mass is 327 g/mol. The van der Waals surface area contributed by atoms with E-state index in [2.05, 4.69) is 5.32 Å². The molecule has 0 aliphatic rings. The fraction of sp³-hybridized carbons (Fsp3) is 0.350. The molecule has 0 bridgehead atoms. The highest BCUT2D eigenvalue weighted by Crippen LogP contribution is 2.29. The van der Waals surface area contributed by atoms with Gasteiger partial charge in [0.2, 0.25) is 0 Å². The van der Waals surface area contributed by atoms with Crippen molar-refractivity contribution in [1.29, 1.82) is 0 Å². The molecule has 128 valence electrons. The first-order valence-corrected chi connectivity index (χ1v) is 7.98. The van der Waals surface area contributed by atoms with Crippen molar-refractivity contribution in [1.82, 2.24) is 5.32 Å². The fourth-order valence-corrected chi connectivity index (χ4v) is 2.74. The second-order valence-electron chi connectivity index (χ2n) is 6.05. The molecule has 24 heavy (non-hydrogen) atoms. The molecule has 2 aromatic rings. The van der Waals surface area contributed by atoms with Gasteiger partial charge in [-0.15, -0.1) is 0 Å². The molecule has 4 nitrogen and oxygen atoms in total. The third-order valence-electron chi connectivity index (χ3n) is 4.34. The van der Waals surface area contributed by atoms with Crippen molar-refractivity contribution in [2.75, 3.05) is 14.2 Å². The van der Waals surface area contributed by atoms with Crippen molar-refractivity contribution in [3.63, 3.8) is 0 Å². The van der Waals surface area contributed by atoms with Crippen LogP contribution in [0.3, 0.4) is 0 Å². The zero-order valence-corrected chi connectivity index (χ0v) is 15.2. The van der Waals surface area contributed by atoms with Gasteiger partial charge in [0, 0.05) is 11.1 Å². The first-order chi connectivity index (χ1) is 11.4. The molecule has 1 atom stereocenters. The summed E-state index contributed by atoms with van der Waals surface area (Å²) in [7, 11) is 3.24. The van der Waals surface area contributed by atoms with Gasteiger partial charge in [-0.1, -0.05) is 6.07 Å². The van der Waals surface area contributed by atoms with E-state index in [9.17, 15) is 4.79 Å². The van der Waals surface area contributed by atoms with Gasteiger partial charge in [0.1, 0.15) is 11.5 Å². The number of carbonyl (C=O) groups excluding carboxylic acids is 1. The van der Waals surface area contributed by atoms with Crippen LogP contribution in [0.15, 0.2) is 30.3 Å². The highest BCUT2D eigenvalue weighted by molar-refractivity contribution is 5.96. The minimum Gasteiger partial charge on any atom is -0.497 e. The highest BCUT2D eigenvalue weighted by Gasteiger charge is 2.18. The fourth-order valence-electron chi connectivity index (χ4n) is 2.74. The summed E-state index contributed by atoms with van der Waals surface area (Å²) in [5.74, 6) is 1.36. The lowest BCUT2D eigenvalue weighted by atomic mass is 9.99. The predicted octanol–water partition coefficient (Wildman–Crippen LogP) is 4.12. The number of hydrogen-bond donors (Lipinski definition) is 1. The van der Waals surface area contributed by atoms with Gasteiger partial charge in [-0.25, -0.2) is 0 Å². The van der Waals surface area contributed by atoms with E-state index < -0.39 is 0 Å². The summed E-state index contributed by atoms with van der Waals surface area (Å²) in [4.78, 5) is 12.7. The lowest BCUT2D eigenvalue weighted by Gasteiger charge is -2.19. The quantitative estimate of drug-likeness (QED) is 0.898. The van der Waals surface area contributed by atoms with E-state index in [1.165, 1.54) is 5.56 Å². The van der Waals surface area contributed by atoms with E-state index in [4.69, 9.17) is 9.47 Å². The summed E-state index contributed by atoms with van der Waals surface area (Å²) in [6.07, 6.45) is 0. The molecule has 2 rings (SSSR count). The van der Waals surface area contributed by atoms with E-state index in [-0.39, 0.29) is 11.9 Å². The van der Waals surface area contributed by atoms with Crippen LogP contribution in [0.1, 0.15) is 45.6 Å². The maximum Gasteiger partial charge on any atom is 0.252 e. The van der Waals surface area contributed by atoms with E-state index >= 15 is 0 Å². The van der Waals surface area contributed by atoms with E-state index in [0.29, 0.717) is 5.56 Å². The lowest BCUT2D eigenvalue weighted by Crippen LogP contribution is -2.27. The third kappa shape index (κ3) is 3.70. The van der Waals surface area contributed by atoms with Gasteiger partial charge in [-0.2, -0.15) is 0 Å². The zero-order chi connectivity index (χ0) is 17.9. The summed E-state index contributed by atoms with van der Waals surface area (Å²) in [5, 5.41) is 3.05. The van der Waals surface area contributed by atoms with Crippen molar-refractivity contribution in [3.8, 4) is 11.5 Å². The molecule has 0 saturated heterocycles. The second-order valence-corrected chi connectivity index (χ2v) is 6.05. The third-order valence-corrected chi connectivity index (χ3v) is 4.34. The number of rotatable bonds is 5. The topological polar surface area (TPSA) is 47.6 Å². The number of aryl methyl sites for hydroxylation is 3. The first kappa shape index (κ1) is 17.9. The number of ether oxygens (including phenoxy) is 2. The molecule has 2 aromatic carbocycles. The number of nitrogens with one attached hydrogen (secondary N) is 1. The van der Waals surface area contributed by atoms with Gasteiger partial charge in [-0.3, -0.25) is 4.79 Å². The molecule has 0 aliphatic carbocycles. The Morgan fingerprint density at radius 1 is 0.958 bits per heavy atom. The van der Waals surface area contributed by atoms with Crippen molar-refractivity contribution in [3.05, 3.63) is 58.1 Å². The van der Waals surface area contributed by atoms with Crippen LogP contribution in [0.25, 0.3) is 0 Å². The largest absolute Gasteiger partial charge is 0.497 e. The van der Waals surface area contributed by atoms with Crippen LogP contribution in [-0.4, -0.2) is 20.1 Å². The molecule has 1 amide bonds. The predicted molar refractivity (Wildman–Crippen MR) is 96.1 cm³/mol. The van der Waals surface area contributed by atoms with Crippen LogP contribution < -0.4 is 14.8 Å². The Kier molecular flexibility index (Phi) is 5.50. The first-order valence-electron chi connectivity index (χ1n) is 7.98. The molecule has 4 heteroatoms. The molecule has 0 aromatic heterocycles. The van der Waals surface area contributed by atoms with Gasteiger partial charge in [-0.05, 0) is 68.7 Å². The van der Waals surface area contributed by atoms with Crippen LogP contribution in [0.2, 0.25) is 0 Å². The second kappa shape index (κ2) is 7.39. The highest BCUT2D eigenvalue weighted by atomic mass is 16.5. The molecule has 1 N–H and O–H groups in total. The molecule has 0 unspecified atom stereocenters. The number of methoxy groups -OCH3 is 2. The summed E-state index contributed by atoms with van der Waals surface area (Å²) < 4.78 is 10.7. The standard InChI is InChI=1S/C20H25NO3/c1-12-9-14(3)17(10-13(12)2)20(22)21-15(4)18-11-16(23-5)7-8-19(18)24-6/h7-11,15H,1-6H3,(H,21,22)/t15-/m0/s1. The van der Waals surface area contributed by atoms with E-state index in [0.717, 1.165) is 28.2 Å². The van der Waals surface area contributed by atoms with E-state index in [1.807, 2.05) is 58.0 Å². The number of hydrogen-bond acceptors (Lipinski definition) is 3. The number of carbonyl (C=O) groups is 1. The van der Waals surface area contributed by atoms with Crippen LogP contribution >= 0.6 is 0 Å². The van der Waals surface area contributed by atoms with Gasteiger partial charge in [0.05, 0.1) is 20.3 Å². The Bertz CT molecular complexity index is 753. The Balaban J connectivity index is 2.28. The Hall–Kier alpha value is -2.49. The van der Waals surface area contributed by atoms with Gasteiger partial charge < -0.3 is 14.8 Å². The lowest BCUT2D eigenvalue weighted by molar-refractivity contribution is 0.0938. The molecular formula is C20H25NO3. The minimum absolute atomic E-state index is 0.0898. The molecule has 0 fully saturated rings. The Morgan fingerprint density at radius 3 is 2.25 bits per heavy atom. The molecular weight excluding hydrogens is 302 g/mol. The smallest absolute Gasteiger partial charge is 0.252 e. The Morgan fingerprint density at radius 2 is 1.62 bits per heavy atom. The van der Waals surface area contributed by atoms with Crippen molar-refractivity contribution < 1.29 is 14.3 Å². The van der Waals surface area contributed by atoms with Crippen LogP contribution in [0, 0.1) is 20.8 Å². The van der Waals surface area contributed by atoms with Crippen LogP contribution in [0.5, 0.6) is 11.5 Å². The summed E-state index contributed by atoms with van der Waals surface area (Å²) in [6.45, 7) is 7.96. The van der Waals surface area contributed by atoms with Crippen molar-refractivity contribution in [2.24, 2.45) is 0 Å². The summed E-state index contributed by atoms with van der Waals surface area (Å²) in [6, 6.07) is 9.35. The number of benzene rings is 2. The maximum atomic E-state index is 12.7. The van der Waals surface area contributed by atoms with Crippen molar-refractivity contribution >= 4 is 5.91 Å². The maximum absolute atomic E-state index is 12.7. The molecule has 0 aliphatic heterocycles. The average molecular weight is 327 g/mol. The van der Waals surface area contributed by atoms with Crippen LogP contribution in [-0.2, 0) is 0 Å². The SMILES string of the molecule is COc1ccc(OC)c([C@H](C)NC(=O)c2cc(C)c(C)cc2C)c1. The normalized spacial score (nSPS) is 11.8. The molecule has 0 heterocycles. The zero-order valence-electron chi connectivity index (χ0n) is 15.2. The van der Waals surface area contributed by atoms with Crippen LogP contribution in [0.4, 0.5) is 0 Å². The summed E-state index contributed by atoms with van der Waals surface area (Å²) in [5.41, 5.74) is 4.85. The number of amides is 1. The molecule has 0 spiro atoms. The minimum atomic E-state index is -0.205. The van der Waals surface area contributed by atoms with Gasteiger partial charge >= 0.3 is 0 Å². The van der Waals surface area contributed by atoms with Crippen molar-refractivity contribution in [2.45, 2.75) is 33.7 Å². The van der Waals surface area contributed by atoms with Gasteiger partial charge in [0.25, 0.3) is 5.91 Å². The van der Waals surface area contributed by atoms with E-state index in [1.54, 1.807) is 14.2 Å². The summed E-state index contributed by atoms with van der Waals surface area (Å²) >= 11 is 0.